The van der Waals surface area contributed by atoms with E-state index < -0.39 is 11.9 Å². The van der Waals surface area contributed by atoms with Gasteiger partial charge in [-0.1, -0.05) is 129 Å². The van der Waals surface area contributed by atoms with Crippen LogP contribution in [0.15, 0.2) is 194 Å². The van der Waals surface area contributed by atoms with Gasteiger partial charge in [0.1, 0.15) is 34.5 Å². The standard InChI is InChI=1S/C43H34O8.C32H30O4/c1-46-32-13-5-26(6-14-32)36(23-40(44)48-3)30-9-17-34-28(21-30)11-19-38-42(34)43-35-18-10-31(22-29(35)12-20-39(43)51-25-50-38)37(24-41(45)49-4)27-7-15-33(47-2)16-8-27;1-3-5-6-18-34-30(33)17-10-23-9-14-27-25(20-23)12-16-29-32(27)31-26-13-8-22(7-4-2)19-24(26)11-15-28(31)35-21-36-29/h5-24H,25H2,1-4H3;4,7-17,19-20H,3,5-6,18,21H2,1-2H3/b36-23-,37-24-;7-4+,17-10+. The average Bonchev–Trinajstić information content (AvgIpc) is 1.90. The molecule has 0 saturated heterocycles. The zero-order chi connectivity index (χ0) is 60.4. The molecule has 0 bridgehead atoms. The first-order chi connectivity index (χ1) is 42.6. The van der Waals surface area contributed by atoms with Crippen LogP contribution in [-0.4, -0.2) is 66.5 Å². The van der Waals surface area contributed by atoms with Crippen LogP contribution < -0.4 is 28.4 Å². The number of allylic oxidation sites excluding steroid dienone is 1. The van der Waals surface area contributed by atoms with E-state index in [1.165, 1.54) is 32.4 Å². The summed E-state index contributed by atoms with van der Waals surface area (Å²) in [6, 6.07) is 56.0. The van der Waals surface area contributed by atoms with Crippen molar-refractivity contribution in [2.75, 3.05) is 48.6 Å². The predicted octanol–water partition coefficient (Wildman–Crippen LogP) is 16.8. The SMILES string of the molecule is C/C=C/c1ccc2c3c(ccc2c1)OCOc1ccc2cc(/C=C/C(=O)OCCCCC)ccc2c1-3.COC(=O)/C=C(/c1ccc(OC)cc1)c1ccc2c3c(ccc2c1)OCOc1ccc2cc(/C(=C\C(=O)OC)c4ccc(OC)cc4)ccc2c1-3. The van der Waals surface area contributed by atoms with Gasteiger partial charge in [0.2, 0.25) is 13.6 Å². The van der Waals surface area contributed by atoms with Crippen LogP contribution in [0.25, 0.3) is 88.6 Å². The molecule has 10 aromatic rings. The van der Waals surface area contributed by atoms with Gasteiger partial charge in [-0.2, -0.15) is 0 Å². The van der Waals surface area contributed by atoms with Crippen LogP contribution in [0, 0.1) is 0 Å². The van der Waals surface area contributed by atoms with Gasteiger partial charge in [0.25, 0.3) is 0 Å². The molecule has 0 fully saturated rings. The van der Waals surface area contributed by atoms with Crippen LogP contribution in [0.5, 0.6) is 34.5 Å². The first-order valence-electron chi connectivity index (χ1n) is 28.7. The largest absolute Gasteiger partial charge is 0.497 e. The number of hydrogen-bond acceptors (Lipinski definition) is 12. The summed E-state index contributed by atoms with van der Waals surface area (Å²) in [5, 5.41) is 8.21. The summed E-state index contributed by atoms with van der Waals surface area (Å²) in [5.74, 6) is 3.20. The Labute approximate surface area is 505 Å². The van der Waals surface area contributed by atoms with Gasteiger partial charge in [0.05, 0.1) is 35.0 Å². The summed E-state index contributed by atoms with van der Waals surface area (Å²) in [4.78, 5) is 37.1. The van der Waals surface area contributed by atoms with Crippen molar-refractivity contribution in [3.63, 3.8) is 0 Å². The molecule has 0 aromatic heterocycles. The second-order valence-corrected chi connectivity index (χ2v) is 20.7. The van der Waals surface area contributed by atoms with E-state index in [1.54, 1.807) is 20.3 Å². The van der Waals surface area contributed by atoms with E-state index in [2.05, 4.69) is 67.6 Å². The normalized spacial score (nSPS) is 12.7. The zero-order valence-electron chi connectivity index (χ0n) is 49.3. The number of carbonyl (C=O) groups is 3. The van der Waals surface area contributed by atoms with Crippen LogP contribution >= 0.6 is 0 Å². The highest BCUT2D eigenvalue weighted by Gasteiger charge is 2.25. The van der Waals surface area contributed by atoms with Gasteiger partial charge in [-0.05, 0) is 180 Å². The summed E-state index contributed by atoms with van der Waals surface area (Å²) in [6.45, 7) is 4.83. The van der Waals surface area contributed by atoms with Crippen molar-refractivity contribution in [3.8, 4) is 56.8 Å². The number of hydrogen-bond donors (Lipinski definition) is 0. The van der Waals surface area contributed by atoms with Crippen molar-refractivity contribution in [1.82, 2.24) is 0 Å². The Balaban J connectivity index is 0.000000191. The van der Waals surface area contributed by atoms with Crippen LogP contribution in [0.4, 0.5) is 0 Å². The lowest BCUT2D eigenvalue weighted by atomic mass is 9.88. The van der Waals surface area contributed by atoms with E-state index in [4.69, 9.17) is 42.6 Å². The topological polar surface area (TPSA) is 134 Å². The van der Waals surface area contributed by atoms with Crippen molar-refractivity contribution in [2.45, 2.75) is 33.1 Å². The number of carbonyl (C=O) groups excluding carboxylic acids is 3. The first-order valence-corrected chi connectivity index (χ1v) is 28.7. The van der Waals surface area contributed by atoms with Crippen molar-refractivity contribution in [2.24, 2.45) is 0 Å². The van der Waals surface area contributed by atoms with E-state index in [0.717, 1.165) is 129 Å². The quantitative estimate of drug-likeness (QED) is 0.0418. The van der Waals surface area contributed by atoms with Gasteiger partial charge in [-0.15, -0.1) is 0 Å². The van der Waals surface area contributed by atoms with Gasteiger partial charge in [0.15, 0.2) is 0 Å². The Kier molecular flexibility index (Phi) is 17.8. The molecule has 0 spiro atoms. The number of fused-ring (bicyclic) bond motifs is 14. The molecule has 10 aromatic carbocycles. The Hall–Kier alpha value is -10.6. The summed E-state index contributed by atoms with van der Waals surface area (Å²) >= 11 is 0. The molecule has 87 heavy (non-hydrogen) atoms. The third-order valence-corrected chi connectivity index (χ3v) is 15.4. The zero-order valence-corrected chi connectivity index (χ0v) is 49.3. The number of esters is 3. The Morgan fingerprint density at radius 2 is 0.805 bits per heavy atom. The molecule has 0 saturated carbocycles. The maximum atomic E-state index is 12.5. The molecular formula is C75H64O12. The maximum absolute atomic E-state index is 12.5. The van der Waals surface area contributed by atoms with Crippen LogP contribution in [0.1, 0.15) is 66.5 Å². The second-order valence-electron chi connectivity index (χ2n) is 20.7. The fourth-order valence-electron chi connectivity index (χ4n) is 11.1. The lowest BCUT2D eigenvalue weighted by molar-refractivity contribution is -0.138. The molecule has 12 rings (SSSR count). The highest BCUT2D eigenvalue weighted by molar-refractivity contribution is 6.13. The van der Waals surface area contributed by atoms with Gasteiger partial charge < -0.3 is 42.6 Å². The highest BCUT2D eigenvalue weighted by atomic mass is 16.7. The summed E-state index contributed by atoms with van der Waals surface area (Å²) in [5.41, 5.74) is 10.8. The van der Waals surface area contributed by atoms with Gasteiger partial charge >= 0.3 is 17.9 Å². The summed E-state index contributed by atoms with van der Waals surface area (Å²) in [6.07, 6.45) is 13.5. The number of benzene rings is 10. The van der Waals surface area contributed by atoms with E-state index in [0.29, 0.717) is 40.8 Å². The van der Waals surface area contributed by atoms with E-state index >= 15 is 0 Å². The molecule has 2 aliphatic heterocycles. The predicted molar refractivity (Wildman–Crippen MR) is 344 cm³/mol. The molecule has 0 amide bonds. The summed E-state index contributed by atoms with van der Waals surface area (Å²) in [7, 11) is 5.96. The molecule has 12 heteroatoms. The fourth-order valence-corrected chi connectivity index (χ4v) is 11.1. The average molecular weight is 1160 g/mol. The maximum Gasteiger partial charge on any atom is 0.331 e. The number of methoxy groups -OCH3 is 4. The Morgan fingerprint density at radius 1 is 0.425 bits per heavy atom. The first kappa shape index (κ1) is 58.2. The monoisotopic (exact) mass is 1160 g/mol. The molecule has 436 valence electrons. The van der Waals surface area contributed by atoms with Gasteiger partial charge in [0, 0.05) is 40.5 Å². The molecule has 12 nitrogen and oxygen atoms in total. The molecule has 2 aliphatic rings. The smallest absolute Gasteiger partial charge is 0.331 e. The minimum Gasteiger partial charge on any atom is -0.497 e. The molecule has 0 aliphatic carbocycles. The van der Waals surface area contributed by atoms with Crippen LogP contribution in [0.2, 0.25) is 0 Å². The number of unbranched alkanes of at least 4 members (excludes halogenated alkanes) is 2. The highest BCUT2D eigenvalue weighted by Crippen LogP contribution is 2.49. The molecule has 0 atom stereocenters. The Morgan fingerprint density at radius 3 is 1.18 bits per heavy atom. The third kappa shape index (κ3) is 12.6. The van der Waals surface area contributed by atoms with Crippen LogP contribution in [0.3, 0.4) is 0 Å². The van der Waals surface area contributed by atoms with Crippen molar-refractivity contribution in [1.29, 1.82) is 0 Å². The van der Waals surface area contributed by atoms with E-state index in [-0.39, 0.29) is 19.6 Å². The number of rotatable bonds is 15. The molecule has 0 N–H and O–H groups in total. The minimum absolute atomic E-state index is 0.0557. The number of ether oxygens (including phenoxy) is 9. The molecular weight excluding hydrogens is 1090 g/mol. The van der Waals surface area contributed by atoms with Crippen molar-refractivity contribution in [3.05, 3.63) is 228 Å². The summed E-state index contributed by atoms with van der Waals surface area (Å²) < 4.78 is 50.3. The van der Waals surface area contributed by atoms with Gasteiger partial charge in [-0.25, -0.2) is 14.4 Å². The lowest BCUT2D eigenvalue weighted by Gasteiger charge is -2.16. The van der Waals surface area contributed by atoms with Crippen molar-refractivity contribution >= 4 is 84.3 Å². The van der Waals surface area contributed by atoms with Crippen LogP contribution in [-0.2, 0) is 28.6 Å². The minimum atomic E-state index is -0.454. The molecule has 2 heterocycles. The third-order valence-electron chi connectivity index (χ3n) is 15.4. The van der Waals surface area contributed by atoms with Crippen molar-refractivity contribution < 1.29 is 57.0 Å². The Bertz CT molecular complexity index is 4210. The van der Waals surface area contributed by atoms with E-state index in [1.807, 2.05) is 128 Å². The van der Waals surface area contributed by atoms with Gasteiger partial charge in [-0.3, -0.25) is 0 Å². The van der Waals surface area contributed by atoms with E-state index in [9.17, 15) is 14.4 Å². The lowest BCUT2D eigenvalue weighted by Crippen LogP contribution is -2.03. The second kappa shape index (κ2) is 26.5. The fraction of sp³-hybridized carbons (Fsp3) is 0.160. The molecule has 0 radical (unpaired) electrons. The molecule has 0 unspecified atom stereocenters.